The molecule has 2 aliphatic heterocycles. The molecule has 2 aliphatic rings. The molecule has 1 fully saturated rings. The number of amides is 1. The van der Waals surface area contributed by atoms with Crippen molar-refractivity contribution in [2.75, 3.05) is 30.3 Å². The maximum atomic E-state index is 12.2. The minimum atomic E-state index is -3.35. The Morgan fingerprint density at radius 3 is 3.00 bits per heavy atom. The number of nitrogens with one attached hydrogen (secondary N) is 1. The van der Waals surface area contributed by atoms with E-state index in [1.807, 2.05) is 0 Å². The minimum absolute atomic E-state index is 0.0751. The summed E-state index contributed by atoms with van der Waals surface area (Å²) >= 11 is 1.28. The maximum absolute atomic E-state index is 12.2. The van der Waals surface area contributed by atoms with Crippen LogP contribution in [0, 0.1) is 0 Å². The van der Waals surface area contributed by atoms with Crippen LogP contribution in [-0.4, -0.2) is 51.4 Å². The van der Waals surface area contributed by atoms with Gasteiger partial charge in [0, 0.05) is 19.7 Å². The number of fused-ring (bicyclic) bond motifs is 1. The Morgan fingerprint density at radius 2 is 2.32 bits per heavy atom. The zero-order valence-electron chi connectivity index (χ0n) is 12.4. The highest BCUT2D eigenvalue weighted by Gasteiger charge is 2.29. The second-order valence-electron chi connectivity index (χ2n) is 5.55. The molecular weight excluding hydrogens is 326 g/mol. The van der Waals surface area contributed by atoms with Crippen LogP contribution in [0.3, 0.4) is 0 Å². The van der Waals surface area contributed by atoms with E-state index >= 15 is 0 Å². The van der Waals surface area contributed by atoms with Gasteiger partial charge in [0.15, 0.2) is 10.8 Å². The first-order chi connectivity index (χ1) is 10.4. The number of hydrogen-bond donors (Lipinski definition) is 1. The highest BCUT2D eigenvalue weighted by atomic mass is 32.2. The lowest BCUT2D eigenvalue weighted by Crippen LogP contribution is -2.34. The van der Waals surface area contributed by atoms with Crippen molar-refractivity contribution in [3.63, 3.8) is 0 Å². The van der Waals surface area contributed by atoms with Crippen LogP contribution in [0.25, 0.3) is 0 Å². The Hall–Kier alpha value is -1.19. The Morgan fingerprint density at radius 1 is 1.50 bits per heavy atom. The molecule has 0 spiro atoms. The number of sulfonamides is 1. The Bertz CT molecular complexity index is 665. The van der Waals surface area contributed by atoms with E-state index in [2.05, 4.69) is 10.3 Å². The summed E-state index contributed by atoms with van der Waals surface area (Å²) in [7, 11) is -3.35. The lowest BCUT2D eigenvalue weighted by atomic mass is 10.2. The van der Waals surface area contributed by atoms with Crippen LogP contribution >= 0.6 is 11.3 Å². The third-order valence-electron chi connectivity index (χ3n) is 3.79. The van der Waals surface area contributed by atoms with E-state index < -0.39 is 10.0 Å². The molecule has 3 heterocycles. The first kappa shape index (κ1) is 15.7. The molecule has 1 aromatic heterocycles. The van der Waals surface area contributed by atoms with Crippen LogP contribution in [0.4, 0.5) is 5.82 Å². The molecule has 0 saturated carbocycles. The third-order valence-corrected chi connectivity index (χ3v) is 6.05. The maximum Gasteiger partial charge on any atom is 0.280 e. The first-order valence-electron chi connectivity index (χ1n) is 7.32. The summed E-state index contributed by atoms with van der Waals surface area (Å²) in [5.41, 5.74) is 0. The SMILES string of the molecule is CS(=O)(=O)N1CCCc2sc(C(=O)NCC3CCCO3)nc21. The van der Waals surface area contributed by atoms with Gasteiger partial charge in [-0.1, -0.05) is 0 Å². The lowest BCUT2D eigenvalue weighted by Gasteiger charge is -2.24. The number of carbonyl (C=O) groups is 1. The average molecular weight is 345 g/mol. The molecule has 22 heavy (non-hydrogen) atoms. The third kappa shape index (κ3) is 3.26. The fraction of sp³-hybridized carbons (Fsp3) is 0.692. The van der Waals surface area contributed by atoms with Crippen LogP contribution in [-0.2, 0) is 21.2 Å². The van der Waals surface area contributed by atoms with E-state index in [9.17, 15) is 13.2 Å². The number of thiazole rings is 1. The molecule has 1 unspecified atom stereocenters. The average Bonchev–Trinajstić information content (AvgIpc) is 3.12. The van der Waals surface area contributed by atoms with E-state index in [-0.39, 0.29) is 12.0 Å². The molecule has 3 rings (SSSR count). The van der Waals surface area contributed by atoms with Crippen molar-refractivity contribution in [1.82, 2.24) is 10.3 Å². The molecule has 0 aromatic carbocycles. The molecule has 0 aliphatic carbocycles. The molecule has 1 amide bonds. The first-order valence-corrected chi connectivity index (χ1v) is 9.99. The largest absolute Gasteiger partial charge is 0.376 e. The van der Waals surface area contributed by atoms with E-state index in [0.29, 0.717) is 23.9 Å². The zero-order chi connectivity index (χ0) is 15.7. The number of rotatable bonds is 4. The summed E-state index contributed by atoms with van der Waals surface area (Å²) in [5, 5.41) is 3.14. The molecule has 0 radical (unpaired) electrons. The van der Waals surface area contributed by atoms with Gasteiger partial charge in [-0.25, -0.2) is 13.4 Å². The van der Waals surface area contributed by atoms with Gasteiger partial charge in [-0.05, 0) is 25.7 Å². The molecule has 7 nitrogen and oxygen atoms in total. The number of ether oxygens (including phenoxy) is 1. The second-order valence-corrected chi connectivity index (χ2v) is 8.54. The van der Waals surface area contributed by atoms with Gasteiger partial charge in [0.05, 0.1) is 17.2 Å². The minimum Gasteiger partial charge on any atom is -0.376 e. The van der Waals surface area contributed by atoms with Gasteiger partial charge in [0.2, 0.25) is 10.0 Å². The normalized spacial score (nSPS) is 21.7. The van der Waals surface area contributed by atoms with Gasteiger partial charge in [-0.3, -0.25) is 9.10 Å². The molecule has 1 saturated heterocycles. The zero-order valence-corrected chi connectivity index (χ0v) is 14.0. The summed E-state index contributed by atoms with van der Waals surface area (Å²) in [6.45, 7) is 1.64. The van der Waals surface area contributed by atoms with E-state index in [1.54, 1.807) is 0 Å². The van der Waals surface area contributed by atoms with Crippen molar-refractivity contribution in [2.45, 2.75) is 31.8 Å². The Kier molecular flexibility index (Phi) is 4.37. The molecular formula is C13H19N3O4S2. The fourth-order valence-corrected chi connectivity index (χ4v) is 4.71. The van der Waals surface area contributed by atoms with Gasteiger partial charge in [-0.15, -0.1) is 11.3 Å². The molecule has 9 heteroatoms. The van der Waals surface area contributed by atoms with E-state index in [4.69, 9.17) is 4.74 Å². The van der Waals surface area contributed by atoms with Crippen LogP contribution in [0.1, 0.15) is 33.9 Å². The number of aromatic nitrogens is 1. The molecule has 122 valence electrons. The van der Waals surface area contributed by atoms with Crippen molar-refractivity contribution in [2.24, 2.45) is 0 Å². The summed E-state index contributed by atoms with van der Waals surface area (Å²) in [6, 6.07) is 0. The predicted octanol–water partition coefficient (Wildman–Crippen LogP) is 0.764. The van der Waals surface area contributed by atoms with Gasteiger partial charge in [-0.2, -0.15) is 0 Å². The quantitative estimate of drug-likeness (QED) is 0.870. The monoisotopic (exact) mass is 345 g/mol. The van der Waals surface area contributed by atoms with Crippen LogP contribution < -0.4 is 9.62 Å². The van der Waals surface area contributed by atoms with E-state index in [1.165, 1.54) is 21.9 Å². The van der Waals surface area contributed by atoms with Crippen molar-refractivity contribution in [3.05, 3.63) is 9.88 Å². The molecule has 0 bridgehead atoms. The van der Waals surface area contributed by atoms with E-state index in [0.717, 1.165) is 37.2 Å². The highest BCUT2D eigenvalue weighted by Crippen LogP contribution is 2.33. The van der Waals surface area contributed by atoms with Gasteiger partial charge < -0.3 is 10.1 Å². The molecule has 1 N–H and O–H groups in total. The molecule has 1 aromatic rings. The predicted molar refractivity (Wildman–Crippen MR) is 83.9 cm³/mol. The second kappa shape index (κ2) is 6.13. The highest BCUT2D eigenvalue weighted by molar-refractivity contribution is 7.92. The summed E-state index contributed by atoms with van der Waals surface area (Å²) in [6.07, 6.45) is 4.73. The number of aryl methyl sites for hydroxylation is 1. The number of nitrogens with zero attached hydrogens (tertiary/aromatic N) is 2. The van der Waals surface area contributed by atoms with Crippen molar-refractivity contribution < 1.29 is 17.9 Å². The topological polar surface area (TPSA) is 88.6 Å². The number of anilines is 1. The van der Waals surface area contributed by atoms with Gasteiger partial charge >= 0.3 is 0 Å². The van der Waals surface area contributed by atoms with Gasteiger partial charge in [0.1, 0.15) is 0 Å². The fourth-order valence-electron chi connectivity index (χ4n) is 2.70. The van der Waals surface area contributed by atoms with Crippen molar-refractivity contribution in [1.29, 1.82) is 0 Å². The van der Waals surface area contributed by atoms with Gasteiger partial charge in [0.25, 0.3) is 5.91 Å². The Balaban J connectivity index is 1.73. The van der Waals surface area contributed by atoms with Crippen LogP contribution in [0.15, 0.2) is 0 Å². The van der Waals surface area contributed by atoms with Crippen molar-refractivity contribution in [3.8, 4) is 0 Å². The standard InChI is InChI=1S/C13H19N3O4S2/c1-22(18,19)16-6-2-5-10-11(16)15-13(21-10)12(17)14-8-9-4-3-7-20-9/h9H,2-8H2,1H3,(H,14,17). The lowest BCUT2D eigenvalue weighted by molar-refractivity contribution is 0.0857. The summed E-state index contributed by atoms with van der Waals surface area (Å²) in [5.74, 6) is 0.157. The van der Waals surface area contributed by atoms with Crippen molar-refractivity contribution >= 4 is 33.1 Å². The van der Waals surface area contributed by atoms with Crippen LogP contribution in [0.5, 0.6) is 0 Å². The summed E-state index contributed by atoms with van der Waals surface area (Å²) in [4.78, 5) is 17.3. The Labute approximate surface area is 133 Å². The molecule has 1 atom stereocenters. The smallest absolute Gasteiger partial charge is 0.280 e. The van der Waals surface area contributed by atoms with Crippen LogP contribution in [0.2, 0.25) is 0 Å². The number of carbonyl (C=O) groups excluding carboxylic acids is 1. The summed E-state index contributed by atoms with van der Waals surface area (Å²) < 4.78 is 30.4. The number of hydrogen-bond acceptors (Lipinski definition) is 6.